The largest absolute Gasteiger partial charge is 0.508 e. The second kappa shape index (κ2) is 3.81. The molecule has 0 saturated heterocycles. The number of hydrogen-bond donors (Lipinski definition) is 2. The second-order valence-electron chi connectivity index (χ2n) is 4.78. The Morgan fingerprint density at radius 1 is 1.38 bits per heavy atom. The number of carboxylic acid groups (broad SMARTS) is 1. The predicted molar refractivity (Wildman–Crippen MR) is 60.4 cm³/mol. The minimum atomic E-state index is -0.748. The molecule has 86 valence electrons. The summed E-state index contributed by atoms with van der Waals surface area (Å²) in [5.41, 5.74) is 0.0646. The SMILES string of the molecule is CC1CCC(C(=O)O)(c2ccc(O)cc2)C1. The maximum absolute atomic E-state index is 11.5. The van der Waals surface area contributed by atoms with Crippen molar-refractivity contribution < 1.29 is 15.0 Å². The summed E-state index contributed by atoms with van der Waals surface area (Å²) in [6, 6.07) is 6.56. The van der Waals surface area contributed by atoms with Crippen LogP contribution < -0.4 is 0 Å². The van der Waals surface area contributed by atoms with E-state index < -0.39 is 11.4 Å². The molecule has 1 aliphatic carbocycles. The van der Waals surface area contributed by atoms with Gasteiger partial charge in [0, 0.05) is 0 Å². The third kappa shape index (κ3) is 1.66. The molecule has 0 bridgehead atoms. The Morgan fingerprint density at radius 3 is 2.44 bits per heavy atom. The maximum atomic E-state index is 11.5. The molecule has 3 nitrogen and oxygen atoms in total. The fourth-order valence-corrected chi connectivity index (χ4v) is 2.65. The van der Waals surface area contributed by atoms with E-state index in [9.17, 15) is 15.0 Å². The quantitative estimate of drug-likeness (QED) is 0.805. The zero-order chi connectivity index (χ0) is 11.8. The molecule has 3 heteroatoms. The minimum absolute atomic E-state index is 0.176. The number of phenolic OH excluding ortho intramolecular Hbond substituents is 1. The second-order valence-corrected chi connectivity index (χ2v) is 4.78. The first-order valence-corrected chi connectivity index (χ1v) is 5.57. The molecule has 2 unspecified atom stereocenters. The highest BCUT2D eigenvalue weighted by molar-refractivity contribution is 5.82. The van der Waals surface area contributed by atoms with E-state index in [-0.39, 0.29) is 5.75 Å². The molecular formula is C13H16O3. The van der Waals surface area contributed by atoms with Crippen molar-refractivity contribution in [3.05, 3.63) is 29.8 Å². The monoisotopic (exact) mass is 220 g/mol. The molecule has 2 N–H and O–H groups in total. The van der Waals surface area contributed by atoms with Crippen LogP contribution in [0.1, 0.15) is 31.7 Å². The summed E-state index contributed by atoms with van der Waals surface area (Å²) in [5, 5.41) is 18.7. The topological polar surface area (TPSA) is 57.5 Å². The molecule has 0 spiro atoms. The van der Waals surface area contributed by atoms with Gasteiger partial charge in [0.25, 0.3) is 0 Å². The highest BCUT2D eigenvalue weighted by Gasteiger charge is 2.45. The molecule has 1 saturated carbocycles. The van der Waals surface area contributed by atoms with Gasteiger partial charge in [-0.1, -0.05) is 19.1 Å². The highest BCUT2D eigenvalue weighted by Crippen LogP contribution is 2.44. The Hall–Kier alpha value is -1.51. The third-order valence-electron chi connectivity index (χ3n) is 3.59. The molecule has 16 heavy (non-hydrogen) atoms. The number of carboxylic acids is 1. The molecule has 0 aromatic heterocycles. The van der Waals surface area contributed by atoms with Crippen molar-refractivity contribution in [2.24, 2.45) is 5.92 Å². The van der Waals surface area contributed by atoms with Crippen molar-refractivity contribution in [1.29, 1.82) is 0 Å². The summed E-state index contributed by atoms with van der Waals surface area (Å²) in [6.45, 7) is 2.09. The van der Waals surface area contributed by atoms with Crippen molar-refractivity contribution in [3.8, 4) is 5.75 Å². The molecule has 0 radical (unpaired) electrons. The Kier molecular flexibility index (Phi) is 2.62. The van der Waals surface area contributed by atoms with Gasteiger partial charge in [0.2, 0.25) is 0 Å². The van der Waals surface area contributed by atoms with Gasteiger partial charge in [-0.25, -0.2) is 0 Å². The van der Waals surface area contributed by atoms with Crippen LogP contribution in [0, 0.1) is 5.92 Å². The van der Waals surface area contributed by atoms with Gasteiger partial charge >= 0.3 is 5.97 Å². The van der Waals surface area contributed by atoms with Crippen LogP contribution in [0.2, 0.25) is 0 Å². The van der Waals surface area contributed by atoms with Gasteiger partial charge in [-0.3, -0.25) is 4.79 Å². The Balaban J connectivity index is 2.40. The van der Waals surface area contributed by atoms with Gasteiger partial charge in [-0.15, -0.1) is 0 Å². The Bertz CT molecular complexity index is 396. The lowest BCUT2D eigenvalue weighted by Gasteiger charge is -2.24. The molecule has 1 aromatic carbocycles. The number of rotatable bonds is 2. The molecule has 1 fully saturated rings. The lowest BCUT2D eigenvalue weighted by atomic mass is 9.78. The summed E-state index contributed by atoms with van der Waals surface area (Å²) in [6.07, 6.45) is 2.33. The van der Waals surface area contributed by atoms with Crippen LogP contribution in [0.25, 0.3) is 0 Å². The average Bonchev–Trinajstić information content (AvgIpc) is 2.63. The lowest BCUT2D eigenvalue weighted by molar-refractivity contribution is -0.143. The van der Waals surface area contributed by atoms with Crippen molar-refractivity contribution in [3.63, 3.8) is 0 Å². The summed E-state index contributed by atoms with van der Waals surface area (Å²) >= 11 is 0. The third-order valence-corrected chi connectivity index (χ3v) is 3.59. The van der Waals surface area contributed by atoms with Crippen LogP contribution in [0.5, 0.6) is 5.75 Å². The summed E-state index contributed by atoms with van der Waals surface area (Å²) in [4.78, 5) is 11.5. The van der Waals surface area contributed by atoms with E-state index in [1.165, 1.54) is 0 Å². The molecular weight excluding hydrogens is 204 g/mol. The zero-order valence-electron chi connectivity index (χ0n) is 9.31. The highest BCUT2D eigenvalue weighted by atomic mass is 16.4. The van der Waals surface area contributed by atoms with Crippen LogP contribution in [-0.4, -0.2) is 16.2 Å². The van der Waals surface area contributed by atoms with E-state index in [0.29, 0.717) is 18.8 Å². The van der Waals surface area contributed by atoms with Crippen molar-refractivity contribution >= 4 is 5.97 Å². The minimum Gasteiger partial charge on any atom is -0.508 e. The van der Waals surface area contributed by atoms with Gasteiger partial charge in [0.15, 0.2) is 0 Å². The van der Waals surface area contributed by atoms with Crippen LogP contribution >= 0.6 is 0 Å². The van der Waals surface area contributed by atoms with Crippen molar-refractivity contribution in [2.75, 3.05) is 0 Å². The standard InChI is InChI=1S/C13H16O3/c1-9-6-7-13(8-9,12(15)16)10-2-4-11(14)5-3-10/h2-5,9,14H,6-8H2,1H3,(H,15,16). The van der Waals surface area contributed by atoms with E-state index in [4.69, 9.17) is 0 Å². The van der Waals surface area contributed by atoms with Crippen LogP contribution in [-0.2, 0) is 10.2 Å². The predicted octanol–water partition coefficient (Wildman–Crippen LogP) is 2.53. The summed E-state index contributed by atoms with van der Waals surface area (Å²) in [7, 11) is 0. The fourth-order valence-electron chi connectivity index (χ4n) is 2.65. The van der Waals surface area contributed by atoms with E-state index >= 15 is 0 Å². The van der Waals surface area contributed by atoms with Crippen molar-refractivity contribution in [2.45, 2.75) is 31.6 Å². The Labute approximate surface area is 94.7 Å². The number of aliphatic carboxylic acids is 1. The Morgan fingerprint density at radius 2 is 2.00 bits per heavy atom. The van der Waals surface area contributed by atoms with Gasteiger partial charge in [-0.05, 0) is 42.9 Å². The summed E-state index contributed by atoms with van der Waals surface area (Å²) in [5.74, 6) is -0.122. The number of benzene rings is 1. The van der Waals surface area contributed by atoms with Gasteiger partial charge < -0.3 is 10.2 Å². The maximum Gasteiger partial charge on any atom is 0.314 e. The molecule has 0 aliphatic heterocycles. The molecule has 1 aliphatic rings. The first-order chi connectivity index (χ1) is 7.54. The first kappa shape index (κ1) is 11.0. The average molecular weight is 220 g/mol. The van der Waals surface area contributed by atoms with Gasteiger partial charge in [-0.2, -0.15) is 0 Å². The van der Waals surface area contributed by atoms with E-state index in [0.717, 1.165) is 12.0 Å². The van der Waals surface area contributed by atoms with Crippen LogP contribution in [0.4, 0.5) is 0 Å². The summed E-state index contributed by atoms with van der Waals surface area (Å²) < 4.78 is 0. The van der Waals surface area contributed by atoms with E-state index in [1.54, 1.807) is 24.3 Å². The van der Waals surface area contributed by atoms with E-state index in [1.807, 2.05) is 0 Å². The fraction of sp³-hybridized carbons (Fsp3) is 0.462. The zero-order valence-corrected chi connectivity index (χ0v) is 9.31. The molecule has 0 amide bonds. The smallest absolute Gasteiger partial charge is 0.314 e. The molecule has 0 heterocycles. The number of phenols is 1. The van der Waals surface area contributed by atoms with Crippen molar-refractivity contribution in [1.82, 2.24) is 0 Å². The van der Waals surface area contributed by atoms with E-state index in [2.05, 4.69) is 6.92 Å². The normalized spacial score (nSPS) is 29.2. The number of carbonyl (C=O) groups is 1. The molecule has 2 atom stereocenters. The number of aromatic hydroxyl groups is 1. The number of hydrogen-bond acceptors (Lipinski definition) is 2. The molecule has 1 aromatic rings. The lowest BCUT2D eigenvalue weighted by Crippen LogP contribution is -2.32. The molecule has 2 rings (SSSR count). The van der Waals surface area contributed by atoms with Crippen LogP contribution in [0.3, 0.4) is 0 Å². The van der Waals surface area contributed by atoms with Gasteiger partial charge in [0.05, 0.1) is 5.41 Å². The van der Waals surface area contributed by atoms with Crippen LogP contribution in [0.15, 0.2) is 24.3 Å². The van der Waals surface area contributed by atoms with Gasteiger partial charge in [0.1, 0.15) is 5.75 Å². The first-order valence-electron chi connectivity index (χ1n) is 5.57.